The highest BCUT2D eigenvalue weighted by Gasteiger charge is 2.20. The summed E-state index contributed by atoms with van der Waals surface area (Å²) in [4.78, 5) is 0. The van der Waals surface area contributed by atoms with Crippen LogP contribution >= 0.6 is 0 Å². The molecular weight excluding hydrogens is 252 g/mol. The van der Waals surface area contributed by atoms with Gasteiger partial charge >= 0.3 is 0 Å². The molecule has 1 fully saturated rings. The van der Waals surface area contributed by atoms with Gasteiger partial charge in [-0.2, -0.15) is 5.26 Å². The van der Waals surface area contributed by atoms with Crippen molar-refractivity contribution in [2.75, 3.05) is 14.2 Å². The fourth-order valence-corrected chi connectivity index (χ4v) is 2.65. The third kappa shape index (κ3) is 3.72. The van der Waals surface area contributed by atoms with Gasteiger partial charge in [-0.25, -0.2) is 0 Å². The molecule has 1 aromatic rings. The number of nitriles is 1. The Hall–Kier alpha value is -1.57. The Balaban J connectivity index is 1.87. The minimum atomic E-state index is 0.348. The number of rotatable bonds is 5. The lowest BCUT2D eigenvalue weighted by Crippen LogP contribution is -2.32. The Morgan fingerprint density at radius 1 is 1.30 bits per heavy atom. The van der Waals surface area contributed by atoms with E-state index in [1.54, 1.807) is 13.2 Å². The number of benzene rings is 1. The Morgan fingerprint density at radius 2 is 2.05 bits per heavy atom. The van der Waals surface area contributed by atoms with E-state index in [1.165, 1.54) is 12.8 Å². The lowest BCUT2D eigenvalue weighted by atomic mass is 9.93. The molecule has 0 amide bonds. The van der Waals surface area contributed by atoms with Crippen LogP contribution in [0.5, 0.6) is 5.75 Å². The lowest BCUT2D eigenvalue weighted by molar-refractivity contribution is 0.0118. The molecule has 0 spiro atoms. The van der Waals surface area contributed by atoms with Crippen molar-refractivity contribution >= 4 is 0 Å². The van der Waals surface area contributed by atoms with Gasteiger partial charge in [0, 0.05) is 6.04 Å². The average Bonchev–Trinajstić information content (AvgIpc) is 2.53. The lowest BCUT2D eigenvalue weighted by Gasteiger charge is -2.28. The first-order valence-electron chi connectivity index (χ1n) is 7.12. The molecule has 0 saturated heterocycles. The third-order valence-corrected chi connectivity index (χ3v) is 3.95. The van der Waals surface area contributed by atoms with E-state index in [0.717, 1.165) is 18.4 Å². The molecular formula is C16H22N2O2. The molecule has 1 aliphatic rings. The first-order chi connectivity index (χ1) is 9.76. The standard InChI is InChI=1S/C16H22N2O2/c1-18-14-5-7-15(8-6-14)20-11-12-3-4-13(10-17)16(9-12)19-2/h3-4,9,14-15,18H,5-8,11H2,1-2H3. The zero-order chi connectivity index (χ0) is 14.4. The SMILES string of the molecule is CNC1CCC(OCc2ccc(C#N)c(OC)c2)CC1. The molecule has 0 atom stereocenters. The van der Waals surface area contributed by atoms with Crippen LogP contribution in [0.3, 0.4) is 0 Å². The van der Waals surface area contributed by atoms with Gasteiger partial charge in [-0.05, 0) is 50.4 Å². The Bertz CT molecular complexity index is 474. The smallest absolute Gasteiger partial charge is 0.136 e. The first kappa shape index (κ1) is 14.8. The number of nitrogens with zero attached hydrogens (tertiary/aromatic N) is 1. The fourth-order valence-electron chi connectivity index (χ4n) is 2.65. The quantitative estimate of drug-likeness (QED) is 0.896. The maximum Gasteiger partial charge on any atom is 0.136 e. The van der Waals surface area contributed by atoms with Crippen LogP contribution in [0.1, 0.15) is 36.8 Å². The van der Waals surface area contributed by atoms with Crippen molar-refractivity contribution in [3.63, 3.8) is 0 Å². The van der Waals surface area contributed by atoms with Crippen molar-refractivity contribution in [2.24, 2.45) is 0 Å². The Morgan fingerprint density at radius 3 is 2.65 bits per heavy atom. The molecule has 1 N–H and O–H groups in total. The second kappa shape index (κ2) is 7.28. The highest BCUT2D eigenvalue weighted by atomic mass is 16.5. The highest BCUT2D eigenvalue weighted by molar-refractivity contribution is 5.45. The van der Waals surface area contributed by atoms with Crippen LogP contribution in [0.4, 0.5) is 0 Å². The fraction of sp³-hybridized carbons (Fsp3) is 0.562. The monoisotopic (exact) mass is 274 g/mol. The summed E-state index contributed by atoms with van der Waals surface area (Å²) in [6.45, 7) is 0.580. The van der Waals surface area contributed by atoms with Gasteiger partial charge in [-0.3, -0.25) is 0 Å². The van der Waals surface area contributed by atoms with Crippen LogP contribution in [0.25, 0.3) is 0 Å². The number of methoxy groups -OCH3 is 1. The maximum atomic E-state index is 8.96. The van der Waals surface area contributed by atoms with Gasteiger partial charge in [0.05, 0.1) is 25.4 Å². The Labute approximate surface area is 120 Å². The average molecular weight is 274 g/mol. The largest absolute Gasteiger partial charge is 0.495 e. The van der Waals surface area contributed by atoms with Crippen LogP contribution in [0.2, 0.25) is 0 Å². The molecule has 108 valence electrons. The summed E-state index contributed by atoms with van der Waals surface area (Å²) in [5, 5.41) is 12.3. The molecule has 4 heteroatoms. The van der Waals surface area contributed by atoms with E-state index in [2.05, 4.69) is 11.4 Å². The van der Waals surface area contributed by atoms with Gasteiger partial charge in [0.1, 0.15) is 11.8 Å². The summed E-state index contributed by atoms with van der Waals surface area (Å²) in [6.07, 6.45) is 4.93. The van der Waals surface area contributed by atoms with E-state index in [4.69, 9.17) is 14.7 Å². The first-order valence-corrected chi connectivity index (χ1v) is 7.12. The summed E-state index contributed by atoms with van der Waals surface area (Å²) in [6, 6.07) is 8.37. The molecule has 20 heavy (non-hydrogen) atoms. The second-order valence-corrected chi connectivity index (χ2v) is 5.22. The molecule has 0 aliphatic heterocycles. The van der Waals surface area contributed by atoms with Gasteiger partial charge in [-0.15, -0.1) is 0 Å². The zero-order valence-corrected chi connectivity index (χ0v) is 12.2. The molecule has 1 aliphatic carbocycles. The third-order valence-electron chi connectivity index (χ3n) is 3.95. The van der Waals surface area contributed by atoms with Crippen LogP contribution in [-0.2, 0) is 11.3 Å². The van der Waals surface area contributed by atoms with Gasteiger partial charge in [0.25, 0.3) is 0 Å². The summed E-state index contributed by atoms with van der Waals surface area (Å²) < 4.78 is 11.2. The molecule has 0 bridgehead atoms. The molecule has 1 aromatic carbocycles. The molecule has 0 aromatic heterocycles. The molecule has 1 saturated carbocycles. The van der Waals surface area contributed by atoms with Gasteiger partial charge < -0.3 is 14.8 Å². The van der Waals surface area contributed by atoms with Crippen LogP contribution in [0.15, 0.2) is 18.2 Å². The second-order valence-electron chi connectivity index (χ2n) is 5.22. The van der Waals surface area contributed by atoms with E-state index in [1.807, 2.05) is 19.2 Å². The minimum absolute atomic E-state index is 0.348. The molecule has 0 unspecified atom stereocenters. The van der Waals surface area contributed by atoms with Gasteiger partial charge in [-0.1, -0.05) is 6.07 Å². The van der Waals surface area contributed by atoms with Crippen LogP contribution in [0, 0.1) is 11.3 Å². The molecule has 0 heterocycles. The number of nitrogens with one attached hydrogen (secondary N) is 1. The van der Waals surface area contributed by atoms with Crippen molar-refractivity contribution < 1.29 is 9.47 Å². The van der Waals surface area contributed by atoms with Crippen LogP contribution < -0.4 is 10.1 Å². The number of hydrogen-bond acceptors (Lipinski definition) is 4. The number of ether oxygens (including phenoxy) is 2. The van der Waals surface area contributed by atoms with Crippen molar-refractivity contribution in [2.45, 2.75) is 44.4 Å². The highest BCUT2D eigenvalue weighted by Crippen LogP contribution is 2.24. The molecule has 2 rings (SSSR count). The summed E-state index contributed by atoms with van der Waals surface area (Å²) >= 11 is 0. The van der Waals surface area contributed by atoms with Crippen molar-refractivity contribution in [1.29, 1.82) is 5.26 Å². The summed E-state index contributed by atoms with van der Waals surface area (Å²) in [7, 11) is 3.61. The van der Waals surface area contributed by atoms with E-state index < -0.39 is 0 Å². The van der Waals surface area contributed by atoms with Crippen molar-refractivity contribution in [1.82, 2.24) is 5.32 Å². The van der Waals surface area contributed by atoms with Gasteiger partial charge in [0.2, 0.25) is 0 Å². The van der Waals surface area contributed by atoms with E-state index in [9.17, 15) is 0 Å². The number of hydrogen-bond donors (Lipinski definition) is 1. The topological polar surface area (TPSA) is 54.3 Å². The van der Waals surface area contributed by atoms with E-state index >= 15 is 0 Å². The predicted molar refractivity (Wildman–Crippen MR) is 77.6 cm³/mol. The Kier molecular flexibility index (Phi) is 5.40. The summed E-state index contributed by atoms with van der Waals surface area (Å²) in [5.74, 6) is 0.618. The molecule has 4 nitrogen and oxygen atoms in total. The van der Waals surface area contributed by atoms with Crippen molar-refractivity contribution in [3.05, 3.63) is 29.3 Å². The predicted octanol–water partition coefficient (Wildman–Crippen LogP) is 2.61. The maximum absolute atomic E-state index is 8.96. The van der Waals surface area contributed by atoms with Gasteiger partial charge in [0.15, 0.2) is 0 Å². The minimum Gasteiger partial charge on any atom is -0.495 e. The van der Waals surface area contributed by atoms with Crippen molar-refractivity contribution in [3.8, 4) is 11.8 Å². The molecule has 0 radical (unpaired) electrons. The normalized spacial score (nSPS) is 22.2. The van der Waals surface area contributed by atoms with E-state index in [-0.39, 0.29) is 0 Å². The zero-order valence-electron chi connectivity index (χ0n) is 12.2. The van der Waals surface area contributed by atoms with Crippen LogP contribution in [-0.4, -0.2) is 26.3 Å². The summed E-state index contributed by atoms with van der Waals surface area (Å²) in [5.41, 5.74) is 1.61. The van der Waals surface area contributed by atoms with E-state index in [0.29, 0.717) is 30.1 Å².